The van der Waals surface area contributed by atoms with Crippen molar-refractivity contribution in [2.45, 2.75) is 70.4 Å². The molecule has 0 radical (unpaired) electrons. The molecule has 0 aromatic carbocycles. The lowest BCUT2D eigenvalue weighted by Crippen LogP contribution is -2.58. The van der Waals surface area contributed by atoms with Gasteiger partial charge in [0.15, 0.2) is 0 Å². The van der Waals surface area contributed by atoms with Crippen molar-refractivity contribution in [3.63, 3.8) is 0 Å². The summed E-state index contributed by atoms with van der Waals surface area (Å²) in [6.45, 7) is 7.35. The molecule has 4 aliphatic carbocycles. The Bertz CT molecular complexity index is 718. The first-order valence-corrected chi connectivity index (χ1v) is 11.2. The van der Waals surface area contributed by atoms with Crippen LogP contribution >= 0.6 is 0 Å². The van der Waals surface area contributed by atoms with Crippen LogP contribution in [0.5, 0.6) is 0 Å². The molecular weight excluding hydrogens is 356 g/mol. The fourth-order valence-corrected chi connectivity index (χ4v) is 8.00. The second kappa shape index (κ2) is 6.13. The quantitative estimate of drug-likeness (QED) is 0.597. The Balaban J connectivity index is 1.36. The van der Waals surface area contributed by atoms with Crippen molar-refractivity contribution >= 4 is 5.78 Å². The Labute approximate surface area is 167 Å². The monoisotopic (exact) mass is 388 g/mol. The van der Waals surface area contributed by atoms with Gasteiger partial charge in [-0.25, -0.2) is 0 Å². The molecule has 2 heterocycles. The fourth-order valence-electron chi connectivity index (χ4n) is 8.00. The van der Waals surface area contributed by atoms with E-state index in [-0.39, 0.29) is 41.2 Å². The predicted molar refractivity (Wildman–Crippen MR) is 102 cm³/mol. The third kappa shape index (κ3) is 2.31. The predicted octanol–water partition coefficient (Wildman–Crippen LogP) is 2.92. The van der Waals surface area contributed by atoms with Gasteiger partial charge in [-0.2, -0.15) is 0 Å². The summed E-state index contributed by atoms with van der Waals surface area (Å²) in [6, 6.07) is 0. The first kappa shape index (κ1) is 18.1. The number of Topliss-reactive ketones (excluding diaryl/α,β-unsaturated/α-hetero) is 1. The number of rotatable bonds is 0. The maximum Gasteiger partial charge on any atom is 0.137 e. The van der Waals surface area contributed by atoms with E-state index in [9.17, 15) is 4.79 Å². The SMILES string of the molecule is C[C@]12CC3OCCOC3CC1=CC[C@@H]1[C@@H]2C(=O)C[C@]2(C)C3OCCOC3C[C@@H]12. The van der Waals surface area contributed by atoms with E-state index in [0.29, 0.717) is 50.5 Å². The molecule has 0 spiro atoms. The molecule has 154 valence electrons. The summed E-state index contributed by atoms with van der Waals surface area (Å²) in [5.41, 5.74) is 1.28. The molecule has 2 saturated heterocycles. The van der Waals surface area contributed by atoms with E-state index in [1.54, 1.807) is 0 Å². The Hall–Kier alpha value is -0.750. The molecule has 0 aromatic rings. The van der Waals surface area contributed by atoms with Crippen LogP contribution in [0.25, 0.3) is 0 Å². The number of ketones is 1. The van der Waals surface area contributed by atoms with Gasteiger partial charge in [-0.15, -0.1) is 0 Å². The summed E-state index contributed by atoms with van der Waals surface area (Å²) >= 11 is 0. The van der Waals surface area contributed by atoms with E-state index < -0.39 is 0 Å². The van der Waals surface area contributed by atoms with Gasteiger partial charge in [0.2, 0.25) is 0 Å². The molecule has 2 aliphatic heterocycles. The normalized spacial score (nSPS) is 55.3. The molecule has 0 N–H and O–H groups in total. The Morgan fingerprint density at radius 3 is 2.50 bits per heavy atom. The van der Waals surface area contributed by atoms with Crippen molar-refractivity contribution < 1.29 is 23.7 Å². The summed E-state index contributed by atoms with van der Waals surface area (Å²) < 4.78 is 24.4. The van der Waals surface area contributed by atoms with Crippen LogP contribution < -0.4 is 0 Å². The summed E-state index contributed by atoms with van der Waals surface area (Å²) in [7, 11) is 0. The first-order valence-electron chi connectivity index (χ1n) is 11.2. The molecule has 28 heavy (non-hydrogen) atoms. The number of ether oxygens (including phenoxy) is 4. The van der Waals surface area contributed by atoms with Gasteiger partial charge < -0.3 is 18.9 Å². The lowest BCUT2D eigenvalue weighted by molar-refractivity contribution is -0.183. The number of allylic oxidation sites excluding steroid dienone is 1. The standard InChI is InChI=1S/C23H32O5/c1-22-12-19-17(25-5-6-27-19)9-13(22)3-4-14-15-10-18-21(28-8-7-26-18)23(15,2)11-16(24)20(14)22/h3,14-15,17-21H,4-12H2,1-2H3/t14-,15-,17?,18?,19?,20+,21?,22-,23-/m0/s1. The van der Waals surface area contributed by atoms with Crippen LogP contribution in [0.4, 0.5) is 0 Å². The minimum atomic E-state index is -0.0846. The van der Waals surface area contributed by atoms with Gasteiger partial charge in [0.05, 0.1) is 50.8 Å². The third-order valence-corrected chi connectivity index (χ3v) is 9.15. The molecule has 3 saturated carbocycles. The fraction of sp³-hybridized carbons (Fsp3) is 0.870. The van der Waals surface area contributed by atoms with Crippen LogP contribution in [0.15, 0.2) is 11.6 Å². The van der Waals surface area contributed by atoms with Gasteiger partial charge in [-0.05, 0) is 37.5 Å². The smallest absolute Gasteiger partial charge is 0.137 e. The Kier molecular flexibility index (Phi) is 3.95. The van der Waals surface area contributed by atoms with E-state index in [1.165, 1.54) is 5.57 Å². The van der Waals surface area contributed by atoms with Gasteiger partial charge in [-0.3, -0.25) is 4.79 Å². The highest BCUT2D eigenvalue weighted by Crippen LogP contribution is 2.65. The van der Waals surface area contributed by atoms with Crippen LogP contribution in [0.2, 0.25) is 0 Å². The molecule has 5 fully saturated rings. The second-order valence-electron chi connectivity index (χ2n) is 10.4. The highest BCUT2D eigenvalue weighted by Gasteiger charge is 2.65. The van der Waals surface area contributed by atoms with Crippen molar-refractivity contribution in [1.82, 2.24) is 0 Å². The van der Waals surface area contributed by atoms with Crippen LogP contribution in [0.1, 0.15) is 46.0 Å². The zero-order valence-corrected chi connectivity index (χ0v) is 17.0. The van der Waals surface area contributed by atoms with Crippen LogP contribution in [0.3, 0.4) is 0 Å². The van der Waals surface area contributed by atoms with Crippen LogP contribution in [-0.2, 0) is 23.7 Å². The molecule has 0 amide bonds. The second-order valence-corrected chi connectivity index (χ2v) is 10.4. The lowest BCUT2D eigenvalue weighted by Gasteiger charge is -2.58. The van der Waals surface area contributed by atoms with Crippen molar-refractivity contribution in [3.05, 3.63) is 11.6 Å². The minimum Gasteiger partial charge on any atom is -0.373 e. The Morgan fingerprint density at radius 1 is 0.964 bits per heavy atom. The van der Waals surface area contributed by atoms with Crippen LogP contribution in [0, 0.1) is 28.6 Å². The van der Waals surface area contributed by atoms with Gasteiger partial charge in [0.1, 0.15) is 5.78 Å². The topological polar surface area (TPSA) is 54.0 Å². The molecule has 5 heteroatoms. The summed E-state index contributed by atoms with van der Waals surface area (Å²) in [6.07, 6.45) is 7.55. The van der Waals surface area contributed by atoms with Gasteiger partial charge >= 0.3 is 0 Å². The minimum absolute atomic E-state index is 0.0767. The van der Waals surface area contributed by atoms with E-state index >= 15 is 0 Å². The van der Waals surface area contributed by atoms with Crippen molar-refractivity contribution in [2.75, 3.05) is 26.4 Å². The molecule has 0 bridgehead atoms. The number of hydrogen-bond acceptors (Lipinski definition) is 5. The van der Waals surface area contributed by atoms with E-state index in [4.69, 9.17) is 18.9 Å². The number of carbonyl (C=O) groups excluding carboxylic acids is 1. The number of hydrogen-bond donors (Lipinski definition) is 0. The molecular formula is C23H32O5. The van der Waals surface area contributed by atoms with E-state index in [2.05, 4.69) is 19.9 Å². The zero-order chi connectivity index (χ0) is 19.1. The summed E-state index contributed by atoms with van der Waals surface area (Å²) in [4.78, 5) is 13.7. The molecule has 6 aliphatic rings. The van der Waals surface area contributed by atoms with Gasteiger partial charge in [0, 0.05) is 23.2 Å². The Morgan fingerprint density at radius 2 is 1.68 bits per heavy atom. The first-order chi connectivity index (χ1) is 13.5. The maximum atomic E-state index is 13.7. The van der Waals surface area contributed by atoms with Crippen LogP contribution in [-0.4, -0.2) is 56.6 Å². The van der Waals surface area contributed by atoms with Crippen molar-refractivity contribution in [1.29, 1.82) is 0 Å². The average Bonchev–Trinajstić information content (AvgIpc) is 2.98. The highest BCUT2D eigenvalue weighted by atomic mass is 16.6. The highest BCUT2D eigenvalue weighted by molar-refractivity contribution is 5.85. The molecule has 5 nitrogen and oxygen atoms in total. The largest absolute Gasteiger partial charge is 0.373 e. The van der Waals surface area contributed by atoms with E-state index in [1.807, 2.05) is 0 Å². The van der Waals surface area contributed by atoms with Gasteiger partial charge in [0.25, 0.3) is 0 Å². The zero-order valence-electron chi connectivity index (χ0n) is 17.0. The molecule has 9 atom stereocenters. The van der Waals surface area contributed by atoms with E-state index in [0.717, 1.165) is 25.7 Å². The third-order valence-electron chi connectivity index (χ3n) is 9.15. The van der Waals surface area contributed by atoms with Gasteiger partial charge in [-0.1, -0.05) is 25.5 Å². The number of fused-ring (bicyclic) bond motifs is 8. The lowest BCUT2D eigenvalue weighted by atomic mass is 9.47. The summed E-state index contributed by atoms with van der Waals surface area (Å²) in [5, 5.41) is 0. The molecule has 4 unspecified atom stereocenters. The average molecular weight is 389 g/mol. The van der Waals surface area contributed by atoms with Crippen molar-refractivity contribution in [3.8, 4) is 0 Å². The number of carbonyl (C=O) groups is 1. The maximum absolute atomic E-state index is 13.7. The molecule has 6 rings (SSSR count). The summed E-state index contributed by atoms with van der Waals surface area (Å²) in [5.74, 6) is 1.46. The van der Waals surface area contributed by atoms with Crippen molar-refractivity contribution in [2.24, 2.45) is 28.6 Å². The molecule has 0 aromatic heterocycles.